The molecule has 344 valence electrons. The maximum Gasteiger partial charge on any atom is 2.00 e. The summed E-state index contributed by atoms with van der Waals surface area (Å²) in [5.74, 6) is 3.99. The van der Waals surface area contributed by atoms with Gasteiger partial charge in [0.15, 0.2) is 0 Å². The molecule has 8 aliphatic rings. The summed E-state index contributed by atoms with van der Waals surface area (Å²) < 4.78 is 0. The summed E-state index contributed by atoms with van der Waals surface area (Å²) in [7, 11) is 0. The summed E-state index contributed by atoms with van der Waals surface area (Å²) in [4.78, 5) is 21.9. The van der Waals surface area contributed by atoms with Crippen LogP contribution in [0.4, 0.5) is 0 Å². The Bertz CT molecular complexity index is 1330. The predicted molar refractivity (Wildman–Crippen MR) is 222 cm³/mol. The molecule has 8 rings (SSSR count). The summed E-state index contributed by atoms with van der Waals surface area (Å²) in [5, 5.41) is 64.7. The van der Waals surface area contributed by atoms with Gasteiger partial charge in [0.25, 0.3) is 0 Å². The molecule has 59 heavy (non-hydrogen) atoms. The van der Waals surface area contributed by atoms with Crippen molar-refractivity contribution in [3.63, 3.8) is 0 Å². The number of aliphatic hydroxyl groups excluding tert-OH is 4. The van der Waals surface area contributed by atoms with Crippen LogP contribution in [0.25, 0.3) is 0 Å². The molecule has 8 saturated carbocycles. The number of carboxylic acid groups (broad SMARTS) is 2. The van der Waals surface area contributed by atoms with E-state index < -0.39 is 11.9 Å². The van der Waals surface area contributed by atoms with Crippen LogP contribution < -0.4 is 22.5 Å². The molecule has 0 aliphatic heterocycles. The van der Waals surface area contributed by atoms with Crippen molar-refractivity contribution in [3.05, 3.63) is 0 Å². The molecule has 0 aromatic rings. The molecule has 7 unspecified atom stereocenters. The monoisotopic (exact) mass is 1010 g/mol. The van der Waals surface area contributed by atoms with Gasteiger partial charge in [0, 0.05) is 11.9 Å². The van der Waals surface area contributed by atoms with Crippen molar-refractivity contribution >= 4 is 11.9 Å². The van der Waals surface area contributed by atoms with Crippen LogP contribution in [-0.2, 0) is 30.7 Å². The number of carbonyl (C=O) groups is 2. The number of hydrogen-bond acceptors (Lipinski definition) is 10. The third-order valence-electron chi connectivity index (χ3n) is 20.4. The number of hydrogen-bond donors (Lipinski definition) is 6. The molecule has 0 saturated heterocycles. The fourth-order valence-corrected chi connectivity index (χ4v) is 17.4. The quantitative estimate of drug-likeness (QED) is 0.152. The topological polar surface area (TPSA) is 231 Å². The van der Waals surface area contributed by atoms with Crippen molar-refractivity contribution in [1.82, 2.24) is 12.3 Å². The Morgan fingerprint density at radius 1 is 0.525 bits per heavy atom. The summed E-state index contributed by atoms with van der Waals surface area (Å²) >= 11 is 0. The van der Waals surface area contributed by atoms with Gasteiger partial charge in [-0.2, -0.15) is 0 Å². The van der Waals surface area contributed by atoms with Gasteiger partial charge in [0.1, 0.15) is 0 Å². The van der Waals surface area contributed by atoms with Gasteiger partial charge < -0.3 is 52.5 Å². The summed E-state index contributed by atoms with van der Waals surface area (Å²) in [6.45, 7) is 14.2. The van der Waals surface area contributed by atoms with Crippen molar-refractivity contribution in [3.8, 4) is 0 Å². The minimum atomic E-state index is -0.934. The molecule has 8 fully saturated rings. The molecule has 10 nitrogen and oxygen atoms in total. The van der Waals surface area contributed by atoms with E-state index in [9.17, 15) is 40.2 Å². The molecular formula is C48H84N2O8Pt. The van der Waals surface area contributed by atoms with E-state index in [1.165, 1.54) is 51.4 Å². The van der Waals surface area contributed by atoms with E-state index in [1.54, 1.807) is 0 Å². The van der Waals surface area contributed by atoms with Gasteiger partial charge in [0.05, 0.1) is 24.4 Å². The molecule has 0 amide bonds. The van der Waals surface area contributed by atoms with Gasteiger partial charge in [-0.05, 0) is 221 Å². The molecule has 8 aliphatic carbocycles. The molecule has 0 radical (unpaired) electrons. The molecule has 0 aromatic carbocycles. The molecule has 11 heteroatoms. The van der Waals surface area contributed by atoms with Gasteiger partial charge in [-0.15, -0.1) is 0 Å². The first kappa shape index (κ1) is 51.0. The SMILES string of the molecule is C[C@H](CCC(=O)[O-])[C@H]1CCC2C3C(CC[C@@]21C)[C@@]1(C)CC[C@H](O)CC1C[C@@H]3O.C[C@H](CCC(=O)[O-])[C@H]1CC[C@@H]2C3C(CC[C@@]21C)[C@@]1(C)CC[C@H](O)CC1C[C@@H]3O.N.N.[Pt+2]. The van der Waals surface area contributed by atoms with E-state index in [1.807, 2.05) is 0 Å². The van der Waals surface area contributed by atoms with E-state index >= 15 is 0 Å². The van der Waals surface area contributed by atoms with Crippen LogP contribution in [-0.4, -0.2) is 56.8 Å². The van der Waals surface area contributed by atoms with Crippen LogP contribution in [0.15, 0.2) is 0 Å². The smallest absolute Gasteiger partial charge is 0.550 e. The summed E-state index contributed by atoms with van der Waals surface area (Å²) in [5.41, 5.74) is 0.988. The molecule has 0 heterocycles. The number of fused-ring (bicyclic) bond motifs is 10. The van der Waals surface area contributed by atoms with Crippen molar-refractivity contribution in [2.24, 2.45) is 92.7 Å². The van der Waals surface area contributed by atoms with Crippen molar-refractivity contribution in [2.75, 3.05) is 0 Å². The minimum absolute atomic E-state index is 0. The first-order valence-corrected chi connectivity index (χ1v) is 23.4. The maximum atomic E-state index is 11.2. The first-order chi connectivity index (χ1) is 26.3. The zero-order chi connectivity index (χ0) is 40.5. The number of rotatable bonds is 8. The van der Waals surface area contributed by atoms with Crippen molar-refractivity contribution in [1.29, 1.82) is 0 Å². The van der Waals surface area contributed by atoms with Crippen LogP contribution >= 0.6 is 0 Å². The number of aliphatic hydroxyl groups is 4. The molecule has 0 spiro atoms. The molecule has 10 N–H and O–H groups in total. The van der Waals surface area contributed by atoms with Gasteiger partial charge in [-0.1, -0.05) is 41.5 Å². The first-order valence-electron chi connectivity index (χ1n) is 23.4. The van der Waals surface area contributed by atoms with Crippen LogP contribution in [0.5, 0.6) is 0 Å². The Morgan fingerprint density at radius 2 is 0.847 bits per heavy atom. The zero-order valence-electron chi connectivity index (χ0n) is 37.5. The normalized spacial score (nSPS) is 49.1. The molecule has 20 atom stereocenters. The maximum absolute atomic E-state index is 11.2. The Kier molecular flexibility index (Phi) is 16.6. The standard InChI is InChI=1S/2C24H40O4.2H3N.Pt/c2*1-14(4-7-21(27)28)17-5-6-18-22-19(9-11-24(17,18)3)23(2)10-8-16(25)12-15(23)13-20(22)26;;;/h2*14-20,22,25-26H,4-13H2,1-3H3,(H,27,28);2*1H3;/q;;;;+2/p-2/t14-,15?,16+,17-,18?,19?,20+,22?,23+,24-;14-,15?,16+,17-,18-,19?,20+,22?,23+,24-;;;/m11.../s1. The number of aliphatic carboxylic acids is 2. The fraction of sp³-hybridized carbons (Fsp3) is 0.958. The molecule has 0 aromatic heterocycles. The Hall–Kier alpha value is -0.612. The summed E-state index contributed by atoms with van der Waals surface area (Å²) in [6, 6.07) is 0. The molecular weight excluding hydrogens is 928 g/mol. The predicted octanol–water partition coefficient (Wildman–Crippen LogP) is 6.61. The van der Waals surface area contributed by atoms with Gasteiger partial charge >= 0.3 is 21.1 Å². The third-order valence-corrected chi connectivity index (χ3v) is 20.4. The second kappa shape index (κ2) is 19.2. The average molecular weight is 1010 g/mol. The average Bonchev–Trinajstić information content (AvgIpc) is 3.68. The van der Waals surface area contributed by atoms with Crippen LogP contribution in [0, 0.1) is 92.7 Å². The van der Waals surface area contributed by atoms with Crippen molar-refractivity contribution in [2.45, 2.75) is 194 Å². The molecule has 0 bridgehead atoms. The Balaban J connectivity index is 0.000000248. The van der Waals surface area contributed by atoms with Crippen LogP contribution in [0.1, 0.15) is 170 Å². The van der Waals surface area contributed by atoms with E-state index in [0.29, 0.717) is 83.9 Å². The van der Waals surface area contributed by atoms with Gasteiger partial charge in [-0.3, -0.25) is 0 Å². The van der Waals surface area contributed by atoms with Crippen molar-refractivity contribution < 1.29 is 61.3 Å². The minimum Gasteiger partial charge on any atom is -0.550 e. The van der Waals surface area contributed by atoms with E-state index in [4.69, 9.17) is 0 Å². The second-order valence-electron chi connectivity index (χ2n) is 22.7. The second-order valence-corrected chi connectivity index (χ2v) is 22.7. The Labute approximate surface area is 371 Å². The fourth-order valence-electron chi connectivity index (χ4n) is 17.4. The Morgan fingerprint density at radius 3 is 1.19 bits per heavy atom. The third kappa shape index (κ3) is 9.06. The van der Waals surface area contributed by atoms with Gasteiger partial charge in [0.2, 0.25) is 0 Å². The van der Waals surface area contributed by atoms with Gasteiger partial charge in [-0.25, -0.2) is 0 Å². The van der Waals surface area contributed by atoms with E-state index in [0.717, 1.165) is 51.4 Å². The van der Waals surface area contributed by atoms with Crippen LogP contribution in [0.2, 0.25) is 0 Å². The zero-order valence-corrected chi connectivity index (χ0v) is 39.8. The van der Waals surface area contributed by atoms with Crippen LogP contribution in [0.3, 0.4) is 0 Å². The summed E-state index contributed by atoms with van der Waals surface area (Å²) in [6.07, 6.45) is 17.8. The number of carboxylic acids is 2. The number of carbonyl (C=O) groups excluding carboxylic acids is 2. The van der Waals surface area contributed by atoms with E-state index in [-0.39, 0.29) is 92.3 Å². The van der Waals surface area contributed by atoms with E-state index in [2.05, 4.69) is 41.5 Å². The largest absolute Gasteiger partial charge is 2.00 e.